The predicted octanol–water partition coefficient (Wildman–Crippen LogP) is 0.553. The highest BCUT2D eigenvalue weighted by atomic mass is 16.1. The van der Waals surface area contributed by atoms with Crippen LogP contribution in [0.2, 0.25) is 0 Å². The quantitative estimate of drug-likeness (QED) is 0.697. The van der Waals surface area contributed by atoms with Crippen molar-refractivity contribution in [2.24, 2.45) is 5.73 Å². The third-order valence-corrected chi connectivity index (χ3v) is 2.04. The van der Waals surface area contributed by atoms with Gasteiger partial charge in [0.25, 0.3) is 5.91 Å². The normalized spacial score (nSPS) is 10.1. The van der Waals surface area contributed by atoms with E-state index < -0.39 is 5.91 Å². The number of aromatic nitrogens is 2. The maximum Gasteiger partial charge on any atom is 0.250 e. The van der Waals surface area contributed by atoms with Gasteiger partial charge in [-0.05, 0) is 24.3 Å². The van der Waals surface area contributed by atoms with Crippen LogP contribution in [0.15, 0.2) is 36.7 Å². The molecule has 76 valence electrons. The Bertz CT molecular complexity index is 490. The first-order chi connectivity index (χ1) is 7.18. The molecule has 0 aliphatic heterocycles. The Morgan fingerprint density at radius 3 is 2.80 bits per heavy atom. The molecule has 15 heavy (non-hydrogen) atoms. The van der Waals surface area contributed by atoms with Gasteiger partial charge in [-0.1, -0.05) is 0 Å². The van der Waals surface area contributed by atoms with Gasteiger partial charge in [0.1, 0.15) is 0 Å². The topological polar surface area (TPSA) is 86.9 Å². The van der Waals surface area contributed by atoms with Gasteiger partial charge in [-0.15, -0.1) is 0 Å². The second kappa shape index (κ2) is 3.45. The van der Waals surface area contributed by atoms with E-state index in [-0.39, 0.29) is 0 Å². The highest BCUT2D eigenvalue weighted by molar-refractivity contribution is 5.97. The van der Waals surface area contributed by atoms with Gasteiger partial charge in [-0.25, -0.2) is 4.68 Å². The summed E-state index contributed by atoms with van der Waals surface area (Å²) < 4.78 is 1.55. The van der Waals surface area contributed by atoms with Crippen LogP contribution in [0.1, 0.15) is 10.4 Å². The number of nitrogen functional groups attached to an aromatic ring is 1. The number of rotatable bonds is 2. The number of amides is 1. The first-order valence-corrected chi connectivity index (χ1v) is 4.38. The molecule has 0 saturated heterocycles. The average Bonchev–Trinajstić information content (AvgIpc) is 2.69. The molecule has 2 aromatic rings. The van der Waals surface area contributed by atoms with Crippen LogP contribution in [0.5, 0.6) is 0 Å². The number of carbonyl (C=O) groups excluding carboxylic acids is 1. The smallest absolute Gasteiger partial charge is 0.250 e. The molecule has 0 spiro atoms. The Morgan fingerprint density at radius 2 is 2.20 bits per heavy atom. The number of nitrogens with zero attached hydrogens (tertiary/aromatic N) is 2. The lowest BCUT2D eigenvalue weighted by molar-refractivity contribution is 0.1000. The first-order valence-electron chi connectivity index (χ1n) is 4.38. The van der Waals surface area contributed by atoms with Crippen molar-refractivity contribution in [3.63, 3.8) is 0 Å². The summed E-state index contributed by atoms with van der Waals surface area (Å²) in [5, 5.41) is 4.02. The summed E-state index contributed by atoms with van der Waals surface area (Å²) in [4.78, 5) is 11.2. The van der Waals surface area contributed by atoms with Gasteiger partial charge in [-0.2, -0.15) is 5.10 Å². The van der Waals surface area contributed by atoms with Crippen LogP contribution in [0.3, 0.4) is 0 Å². The van der Waals surface area contributed by atoms with Gasteiger partial charge in [0.05, 0.1) is 11.3 Å². The van der Waals surface area contributed by atoms with Crippen molar-refractivity contribution in [1.82, 2.24) is 9.78 Å². The predicted molar refractivity (Wildman–Crippen MR) is 56.5 cm³/mol. The van der Waals surface area contributed by atoms with Crippen LogP contribution in [-0.2, 0) is 0 Å². The molecular weight excluding hydrogens is 192 g/mol. The van der Waals surface area contributed by atoms with Crippen molar-refractivity contribution in [2.45, 2.75) is 0 Å². The molecule has 0 saturated carbocycles. The molecule has 4 N–H and O–H groups in total. The Morgan fingerprint density at radius 1 is 1.40 bits per heavy atom. The molecule has 2 rings (SSSR count). The zero-order valence-corrected chi connectivity index (χ0v) is 7.92. The summed E-state index contributed by atoms with van der Waals surface area (Å²) in [5.41, 5.74) is 12.4. The van der Waals surface area contributed by atoms with Crippen LogP contribution in [-0.4, -0.2) is 15.7 Å². The molecule has 0 bridgehead atoms. The van der Waals surface area contributed by atoms with E-state index in [9.17, 15) is 4.79 Å². The summed E-state index contributed by atoms with van der Waals surface area (Å²) in [7, 11) is 0. The summed E-state index contributed by atoms with van der Waals surface area (Å²) in [6.07, 6.45) is 3.34. The van der Waals surface area contributed by atoms with E-state index >= 15 is 0 Å². The van der Waals surface area contributed by atoms with E-state index in [1.807, 2.05) is 0 Å². The van der Waals surface area contributed by atoms with Crippen LogP contribution in [0.25, 0.3) is 5.69 Å². The van der Waals surface area contributed by atoms with E-state index in [0.717, 1.165) is 0 Å². The zero-order valence-electron chi connectivity index (χ0n) is 7.92. The van der Waals surface area contributed by atoms with Crippen molar-refractivity contribution in [1.29, 1.82) is 0 Å². The number of hydrogen-bond donors (Lipinski definition) is 2. The molecule has 5 heteroatoms. The van der Waals surface area contributed by atoms with Gasteiger partial charge in [0.2, 0.25) is 0 Å². The lowest BCUT2D eigenvalue weighted by Gasteiger charge is -2.07. The summed E-state index contributed by atoms with van der Waals surface area (Å²) in [6, 6.07) is 6.64. The average molecular weight is 202 g/mol. The third-order valence-electron chi connectivity index (χ3n) is 2.04. The lowest BCUT2D eigenvalue weighted by atomic mass is 10.1. The second-order valence-electron chi connectivity index (χ2n) is 3.09. The molecule has 1 heterocycles. The van der Waals surface area contributed by atoms with Gasteiger partial charge in [-0.3, -0.25) is 4.79 Å². The number of hydrogen-bond acceptors (Lipinski definition) is 3. The van der Waals surface area contributed by atoms with Crippen molar-refractivity contribution in [2.75, 3.05) is 5.73 Å². The minimum atomic E-state index is -0.500. The standard InChI is InChI=1S/C10H10N4O/c11-7-2-3-8(10(12)15)9(6-7)14-5-1-4-13-14/h1-6H,11H2,(H2,12,15). The SMILES string of the molecule is NC(=O)c1ccc(N)cc1-n1cccn1. The van der Waals surface area contributed by atoms with E-state index in [0.29, 0.717) is 16.9 Å². The van der Waals surface area contributed by atoms with E-state index in [1.165, 1.54) is 0 Å². The molecule has 1 amide bonds. The molecule has 0 unspecified atom stereocenters. The van der Waals surface area contributed by atoms with Gasteiger partial charge < -0.3 is 11.5 Å². The van der Waals surface area contributed by atoms with Gasteiger partial charge in [0.15, 0.2) is 0 Å². The first kappa shape index (κ1) is 9.26. The van der Waals surface area contributed by atoms with Gasteiger partial charge in [0, 0.05) is 18.1 Å². The molecule has 0 aliphatic rings. The number of carbonyl (C=O) groups is 1. The van der Waals surface area contributed by atoms with E-state index in [1.54, 1.807) is 41.3 Å². The maximum atomic E-state index is 11.2. The fraction of sp³-hybridized carbons (Fsp3) is 0. The summed E-state index contributed by atoms with van der Waals surface area (Å²) in [6.45, 7) is 0. The van der Waals surface area contributed by atoms with E-state index in [2.05, 4.69) is 5.10 Å². The summed E-state index contributed by atoms with van der Waals surface area (Å²) in [5.74, 6) is -0.500. The zero-order chi connectivity index (χ0) is 10.8. The number of nitrogens with two attached hydrogens (primary N) is 2. The maximum absolute atomic E-state index is 11.2. The molecule has 1 aromatic heterocycles. The minimum absolute atomic E-state index is 0.396. The number of benzene rings is 1. The van der Waals surface area contributed by atoms with E-state index in [4.69, 9.17) is 11.5 Å². The molecular formula is C10H10N4O. The summed E-state index contributed by atoms with van der Waals surface area (Å²) >= 11 is 0. The van der Waals surface area contributed by atoms with Crippen LogP contribution in [0.4, 0.5) is 5.69 Å². The molecule has 0 atom stereocenters. The highest BCUT2D eigenvalue weighted by Crippen LogP contribution is 2.16. The molecule has 1 aromatic carbocycles. The minimum Gasteiger partial charge on any atom is -0.399 e. The lowest BCUT2D eigenvalue weighted by Crippen LogP contribution is -2.15. The van der Waals surface area contributed by atoms with Gasteiger partial charge >= 0.3 is 0 Å². The second-order valence-corrected chi connectivity index (χ2v) is 3.09. The van der Waals surface area contributed by atoms with Crippen molar-refractivity contribution in [3.05, 3.63) is 42.2 Å². The Labute approximate surface area is 86.3 Å². The third kappa shape index (κ3) is 1.67. The Balaban J connectivity index is 2.63. The number of anilines is 1. The van der Waals surface area contributed by atoms with Crippen molar-refractivity contribution in [3.8, 4) is 5.69 Å². The number of primary amides is 1. The molecule has 0 aliphatic carbocycles. The van der Waals surface area contributed by atoms with Crippen molar-refractivity contribution < 1.29 is 4.79 Å². The Kier molecular flexibility index (Phi) is 2.13. The van der Waals surface area contributed by atoms with Crippen LogP contribution < -0.4 is 11.5 Å². The fourth-order valence-corrected chi connectivity index (χ4v) is 1.36. The van der Waals surface area contributed by atoms with Crippen LogP contribution in [0, 0.1) is 0 Å². The van der Waals surface area contributed by atoms with Crippen molar-refractivity contribution >= 4 is 11.6 Å². The monoisotopic (exact) mass is 202 g/mol. The van der Waals surface area contributed by atoms with Crippen LogP contribution >= 0.6 is 0 Å². The molecule has 0 radical (unpaired) electrons. The highest BCUT2D eigenvalue weighted by Gasteiger charge is 2.09. The largest absolute Gasteiger partial charge is 0.399 e. The molecule has 0 fully saturated rings. The fourth-order valence-electron chi connectivity index (χ4n) is 1.36. The Hall–Kier alpha value is -2.30. The molecule has 5 nitrogen and oxygen atoms in total.